The van der Waals surface area contributed by atoms with Crippen LogP contribution in [0.15, 0.2) is 53.4 Å². The van der Waals surface area contributed by atoms with Crippen molar-refractivity contribution in [3.8, 4) is 0 Å². The van der Waals surface area contributed by atoms with Gasteiger partial charge in [0.05, 0.1) is 22.9 Å². The van der Waals surface area contributed by atoms with Crippen LogP contribution < -0.4 is 10.6 Å². The Bertz CT molecular complexity index is 966. The summed E-state index contributed by atoms with van der Waals surface area (Å²) >= 11 is 0.970. The lowest BCUT2D eigenvalue weighted by atomic mass is 10.1. The highest BCUT2D eigenvalue weighted by atomic mass is 32.2. The van der Waals surface area contributed by atoms with Gasteiger partial charge in [-0.15, -0.1) is 11.8 Å². The maximum atomic E-state index is 12.8. The molecule has 2 aromatic rings. The molecule has 0 bridgehead atoms. The van der Waals surface area contributed by atoms with Gasteiger partial charge in [0.15, 0.2) is 6.10 Å². The third kappa shape index (κ3) is 5.32. The molecule has 0 aromatic heterocycles. The Labute approximate surface area is 174 Å². The number of esters is 1. The zero-order chi connectivity index (χ0) is 21.9. The van der Waals surface area contributed by atoms with Crippen LogP contribution in [0.2, 0.25) is 0 Å². The molecule has 0 aliphatic carbocycles. The van der Waals surface area contributed by atoms with E-state index in [0.717, 1.165) is 23.9 Å². The predicted octanol–water partition coefficient (Wildman–Crippen LogP) is 4.08. The Balaban J connectivity index is 1.58. The minimum atomic E-state index is -4.53. The zero-order valence-electron chi connectivity index (χ0n) is 15.7. The van der Waals surface area contributed by atoms with Crippen LogP contribution in [-0.4, -0.2) is 29.1 Å². The summed E-state index contributed by atoms with van der Waals surface area (Å²) in [5, 5.41) is 4.10. The van der Waals surface area contributed by atoms with Gasteiger partial charge < -0.3 is 15.4 Å². The second kappa shape index (κ2) is 8.78. The summed E-state index contributed by atoms with van der Waals surface area (Å²) in [4.78, 5) is 36.9. The fourth-order valence-corrected chi connectivity index (χ4v) is 3.75. The number of rotatable bonds is 5. The summed E-state index contributed by atoms with van der Waals surface area (Å²) in [6, 6.07) is 11.6. The second-order valence-corrected chi connectivity index (χ2v) is 7.74. The zero-order valence-corrected chi connectivity index (χ0v) is 16.5. The number of alkyl halides is 3. The lowest BCUT2D eigenvalue weighted by Gasteiger charge is -2.24. The number of thioether (sulfide) groups is 1. The number of hydrogen-bond acceptors (Lipinski definition) is 5. The molecule has 10 heteroatoms. The molecule has 6 nitrogen and oxygen atoms in total. The summed E-state index contributed by atoms with van der Waals surface area (Å²) in [5.74, 6) is -1.90. The largest absolute Gasteiger partial charge is 0.452 e. The fourth-order valence-electron chi connectivity index (χ4n) is 2.68. The topological polar surface area (TPSA) is 84.5 Å². The number of benzene rings is 2. The first-order valence-corrected chi connectivity index (χ1v) is 9.75. The molecule has 2 unspecified atom stereocenters. The molecule has 0 spiro atoms. The molecule has 3 rings (SSSR count). The highest BCUT2D eigenvalue weighted by Gasteiger charge is 2.35. The SMILES string of the molecule is CC(OC(=O)CC1Sc2ccc(C(F)(F)F)cc2NC1=O)C(=O)Nc1ccccc1. The number of nitrogens with one attached hydrogen (secondary N) is 2. The highest BCUT2D eigenvalue weighted by molar-refractivity contribution is 8.01. The van der Waals surface area contributed by atoms with E-state index in [9.17, 15) is 27.6 Å². The van der Waals surface area contributed by atoms with Gasteiger partial charge in [-0.25, -0.2) is 0 Å². The average molecular weight is 438 g/mol. The predicted molar refractivity (Wildman–Crippen MR) is 105 cm³/mol. The third-order valence-electron chi connectivity index (χ3n) is 4.20. The van der Waals surface area contributed by atoms with Crippen molar-refractivity contribution in [2.45, 2.75) is 35.8 Å². The molecular weight excluding hydrogens is 421 g/mol. The first-order chi connectivity index (χ1) is 14.1. The maximum Gasteiger partial charge on any atom is 0.416 e. The molecule has 1 aliphatic rings. The Morgan fingerprint density at radius 3 is 2.57 bits per heavy atom. The van der Waals surface area contributed by atoms with Gasteiger partial charge in [-0.1, -0.05) is 18.2 Å². The Morgan fingerprint density at radius 2 is 1.90 bits per heavy atom. The minimum absolute atomic E-state index is 0.0417. The molecule has 1 aliphatic heterocycles. The molecule has 0 fully saturated rings. The van der Waals surface area contributed by atoms with E-state index >= 15 is 0 Å². The van der Waals surface area contributed by atoms with Gasteiger partial charge in [-0.3, -0.25) is 14.4 Å². The van der Waals surface area contributed by atoms with E-state index < -0.39 is 40.9 Å². The van der Waals surface area contributed by atoms with Crippen molar-refractivity contribution in [2.75, 3.05) is 10.6 Å². The minimum Gasteiger partial charge on any atom is -0.452 e. The van der Waals surface area contributed by atoms with Gasteiger partial charge in [0.2, 0.25) is 5.91 Å². The van der Waals surface area contributed by atoms with Gasteiger partial charge in [-0.2, -0.15) is 13.2 Å². The van der Waals surface area contributed by atoms with Crippen LogP contribution in [0.25, 0.3) is 0 Å². The standard InChI is InChI=1S/C20H17F3N2O4S/c1-11(18(27)24-13-5-3-2-4-6-13)29-17(26)10-16-19(28)25-14-9-12(20(21,22)23)7-8-15(14)30-16/h2-9,11,16H,10H2,1H3,(H,24,27)(H,25,28). The molecule has 30 heavy (non-hydrogen) atoms. The lowest BCUT2D eigenvalue weighted by Crippen LogP contribution is -2.34. The van der Waals surface area contributed by atoms with Crippen molar-refractivity contribution in [3.63, 3.8) is 0 Å². The molecule has 2 aromatic carbocycles. The summed E-state index contributed by atoms with van der Waals surface area (Å²) in [5.41, 5.74) is -0.291. The van der Waals surface area contributed by atoms with Crippen LogP contribution in [0.3, 0.4) is 0 Å². The first-order valence-electron chi connectivity index (χ1n) is 8.87. The first kappa shape index (κ1) is 21.7. The maximum absolute atomic E-state index is 12.8. The third-order valence-corrected chi connectivity index (χ3v) is 5.47. The van der Waals surface area contributed by atoms with E-state index in [1.54, 1.807) is 30.3 Å². The number of amides is 2. The molecule has 0 saturated carbocycles. The summed E-state index contributed by atoms with van der Waals surface area (Å²) in [7, 11) is 0. The smallest absolute Gasteiger partial charge is 0.416 e. The van der Waals surface area contributed by atoms with Crippen molar-refractivity contribution in [1.82, 2.24) is 0 Å². The van der Waals surface area contributed by atoms with E-state index in [1.165, 1.54) is 13.0 Å². The van der Waals surface area contributed by atoms with Crippen molar-refractivity contribution in [1.29, 1.82) is 0 Å². The monoisotopic (exact) mass is 438 g/mol. The van der Waals surface area contributed by atoms with Gasteiger partial charge in [0, 0.05) is 10.6 Å². The molecular formula is C20H17F3N2O4S. The summed E-state index contributed by atoms with van der Waals surface area (Å²) in [6.07, 6.45) is -5.95. The van der Waals surface area contributed by atoms with Gasteiger partial charge >= 0.3 is 12.1 Å². The van der Waals surface area contributed by atoms with Crippen LogP contribution in [0.5, 0.6) is 0 Å². The Kier molecular flexibility index (Phi) is 6.35. The van der Waals surface area contributed by atoms with Crippen molar-refractivity contribution >= 4 is 40.9 Å². The molecule has 2 amide bonds. The van der Waals surface area contributed by atoms with E-state index in [-0.39, 0.29) is 12.1 Å². The summed E-state index contributed by atoms with van der Waals surface area (Å²) in [6.45, 7) is 1.40. The van der Waals surface area contributed by atoms with Gasteiger partial charge in [0.25, 0.3) is 5.91 Å². The number of fused-ring (bicyclic) bond motifs is 1. The molecule has 1 heterocycles. The van der Waals surface area contributed by atoms with Crippen LogP contribution in [0.1, 0.15) is 18.9 Å². The summed E-state index contributed by atoms with van der Waals surface area (Å²) < 4.78 is 43.5. The number of carbonyl (C=O) groups is 3. The Hall–Kier alpha value is -3.01. The van der Waals surface area contributed by atoms with E-state index in [1.807, 2.05) is 0 Å². The molecule has 0 radical (unpaired) electrons. The molecule has 158 valence electrons. The molecule has 2 atom stereocenters. The van der Waals surface area contributed by atoms with E-state index in [4.69, 9.17) is 4.74 Å². The Morgan fingerprint density at radius 1 is 1.20 bits per heavy atom. The fraction of sp³-hybridized carbons (Fsp3) is 0.250. The van der Waals surface area contributed by atoms with Crippen LogP contribution in [-0.2, 0) is 25.3 Å². The number of ether oxygens (including phenoxy) is 1. The number of anilines is 2. The number of para-hydroxylation sites is 1. The number of hydrogen-bond donors (Lipinski definition) is 2. The van der Waals surface area contributed by atoms with Gasteiger partial charge in [-0.05, 0) is 37.3 Å². The quantitative estimate of drug-likeness (QED) is 0.688. The average Bonchev–Trinajstić information content (AvgIpc) is 2.68. The molecule has 0 saturated heterocycles. The van der Waals surface area contributed by atoms with Crippen molar-refractivity contribution < 1.29 is 32.3 Å². The van der Waals surface area contributed by atoms with Crippen molar-refractivity contribution in [2.24, 2.45) is 0 Å². The van der Waals surface area contributed by atoms with Crippen LogP contribution >= 0.6 is 11.8 Å². The second-order valence-electron chi connectivity index (χ2n) is 6.50. The van der Waals surface area contributed by atoms with Crippen molar-refractivity contribution in [3.05, 3.63) is 54.1 Å². The lowest BCUT2D eigenvalue weighted by molar-refractivity contribution is -0.153. The number of halogens is 3. The highest BCUT2D eigenvalue weighted by Crippen LogP contribution is 2.40. The van der Waals surface area contributed by atoms with E-state index in [2.05, 4.69) is 10.6 Å². The van der Waals surface area contributed by atoms with Crippen LogP contribution in [0, 0.1) is 0 Å². The molecule has 2 N–H and O–H groups in total. The number of carbonyl (C=O) groups excluding carboxylic acids is 3. The van der Waals surface area contributed by atoms with Gasteiger partial charge in [0.1, 0.15) is 0 Å². The van der Waals surface area contributed by atoms with E-state index in [0.29, 0.717) is 10.6 Å². The normalized spacial score (nSPS) is 16.8. The van der Waals surface area contributed by atoms with Crippen LogP contribution in [0.4, 0.5) is 24.5 Å².